The summed E-state index contributed by atoms with van der Waals surface area (Å²) in [6, 6.07) is 92.7. The monoisotopic (exact) mass is 997 g/mol. The summed E-state index contributed by atoms with van der Waals surface area (Å²) in [6.07, 6.45) is 0. The van der Waals surface area contributed by atoms with Gasteiger partial charge in [0.15, 0.2) is 5.82 Å². The normalized spacial score (nSPS) is 11.8. The zero-order valence-corrected chi connectivity index (χ0v) is 43.5. The van der Waals surface area contributed by atoms with E-state index in [1.54, 1.807) is 0 Å². The maximum Gasteiger partial charge on any atom is 0.160 e. The number of rotatable bonds is 8. The van der Waals surface area contributed by atoms with Gasteiger partial charge >= 0.3 is 0 Å². The van der Waals surface area contributed by atoms with Crippen molar-refractivity contribution in [1.82, 2.24) is 23.7 Å². The van der Waals surface area contributed by atoms with E-state index in [1.165, 1.54) is 87.8 Å². The molecule has 0 bridgehead atoms. The Morgan fingerprint density at radius 2 is 0.654 bits per heavy atom. The number of fused-ring (bicyclic) bond motifs is 9. The summed E-state index contributed by atoms with van der Waals surface area (Å²) in [5.41, 5.74) is 23.9. The Labute approximate surface area is 452 Å². The average Bonchev–Trinajstić information content (AvgIpc) is 4.17. The lowest BCUT2D eigenvalue weighted by Gasteiger charge is -2.13. The highest BCUT2D eigenvalue weighted by molar-refractivity contribution is 6.14. The Balaban J connectivity index is 0.803. The Kier molecular flexibility index (Phi) is 10.5. The van der Waals surface area contributed by atoms with Crippen molar-refractivity contribution < 1.29 is 0 Å². The molecule has 11 aromatic carbocycles. The molecule has 15 aromatic rings. The highest BCUT2D eigenvalue weighted by Crippen LogP contribution is 2.41. The second-order valence-electron chi connectivity index (χ2n) is 20.8. The van der Waals surface area contributed by atoms with Crippen molar-refractivity contribution in [2.45, 2.75) is 20.8 Å². The highest BCUT2D eigenvalue weighted by Gasteiger charge is 2.20. The standard InChI is InChI=1S/C73H51N5/c1-46-22-36-69-61(40-46)62-41-47(2)23-37-70(62)78(69)57-34-39-72-64(44-57)63-43-56(77-67-20-12-10-18-59(67)60-19-11-13-21-68(60)77)33-38-71(63)76(72)55-31-28-50(29-32-55)49-24-26-51(27-25-49)58-35-30-54(42-48(58)3)66-45-65(52-14-6-4-7-15-52)74-73(75-66)53-16-8-5-9-17-53/h4-45H,1-3H3. The van der Waals surface area contributed by atoms with Gasteiger partial charge in [-0.05, 0) is 146 Å². The molecule has 0 N–H and O–H groups in total. The highest BCUT2D eigenvalue weighted by atomic mass is 15.0. The molecular formula is C73H51N5. The van der Waals surface area contributed by atoms with Crippen LogP contribution >= 0.6 is 0 Å². The van der Waals surface area contributed by atoms with E-state index in [0.717, 1.165) is 61.7 Å². The third-order valence-electron chi connectivity index (χ3n) is 15.9. The molecule has 0 amide bonds. The van der Waals surface area contributed by atoms with E-state index in [2.05, 4.69) is 265 Å². The van der Waals surface area contributed by atoms with Crippen molar-refractivity contribution in [2.24, 2.45) is 0 Å². The second-order valence-corrected chi connectivity index (χ2v) is 20.8. The lowest BCUT2D eigenvalue weighted by Crippen LogP contribution is -1.96. The molecule has 0 aliphatic heterocycles. The molecule has 5 nitrogen and oxygen atoms in total. The van der Waals surface area contributed by atoms with E-state index < -0.39 is 0 Å². The van der Waals surface area contributed by atoms with Gasteiger partial charge in [0.2, 0.25) is 0 Å². The molecule has 4 heterocycles. The van der Waals surface area contributed by atoms with E-state index in [0.29, 0.717) is 5.82 Å². The van der Waals surface area contributed by atoms with Crippen molar-refractivity contribution in [3.63, 3.8) is 0 Å². The summed E-state index contributed by atoms with van der Waals surface area (Å²) < 4.78 is 7.31. The van der Waals surface area contributed by atoms with Gasteiger partial charge < -0.3 is 13.7 Å². The SMILES string of the molecule is Cc1ccc2c(c1)c1cc(C)ccc1n2-c1ccc2c(c1)c1cc(-n3c4ccccc4c4ccccc43)ccc1n2-c1ccc(-c2ccc(-c3ccc(-c4cc(-c5ccccc5)nc(-c5ccccc5)n4)cc3C)cc2)cc1. The molecule has 0 radical (unpaired) electrons. The molecule has 78 heavy (non-hydrogen) atoms. The summed E-state index contributed by atoms with van der Waals surface area (Å²) in [4.78, 5) is 10.1. The van der Waals surface area contributed by atoms with Crippen LogP contribution < -0.4 is 0 Å². The minimum atomic E-state index is 0.715. The van der Waals surface area contributed by atoms with Crippen LogP contribution in [0.1, 0.15) is 16.7 Å². The molecular weight excluding hydrogens is 947 g/mol. The van der Waals surface area contributed by atoms with Crippen LogP contribution in [0.25, 0.3) is 139 Å². The summed E-state index contributed by atoms with van der Waals surface area (Å²) >= 11 is 0. The minimum absolute atomic E-state index is 0.715. The third-order valence-corrected chi connectivity index (χ3v) is 15.9. The number of aromatic nitrogens is 5. The first-order valence-electron chi connectivity index (χ1n) is 26.8. The maximum absolute atomic E-state index is 5.09. The number of aryl methyl sites for hydroxylation is 3. The molecule has 0 spiro atoms. The summed E-state index contributed by atoms with van der Waals surface area (Å²) in [7, 11) is 0. The first kappa shape index (κ1) is 45.3. The van der Waals surface area contributed by atoms with E-state index >= 15 is 0 Å². The number of nitrogens with zero attached hydrogens (tertiary/aromatic N) is 5. The van der Waals surface area contributed by atoms with Crippen LogP contribution in [0.5, 0.6) is 0 Å². The summed E-state index contributed by atoms with van der Waals surface area (Å²) in [5, 5.41) is 7.46. The van der Waals surface area contributed by atoms with E-state index in [4.69, 9.17) is 9.97 Å². The Morgan fingerprint density at radius 3 is 1.19 bits per heavy atom. The summed E-state index contributed by atoms with van der Waals surface area (Å²) in [5.74, 6) is 0.715. The molecule has 368 valence electrons. The number of hydrogen-bond donors (Lipinski definition) is 0. The quantitative estimate of drug-likeness (QED) is 0.152. The topological polar surface area (TPSA) is 40.6 Å². The van der Waals surface area contributed by atoms with E-state index in [1.807, 2.05) is 24.3 Å². The maximum atomic E-state index is 5.09. The van der Waals surface area contributed by atoms with Gasteiger partial charge in [0.05, 0.1) is 44.5 Å². The van der Waals surface area contributed by atoms with Gasteiger partial charge in [-0.15, -0.1) is 0 Å². The summed E-state index contributed by atoms with van der Waals surface area (Å²) in [6.45, 7) is 6.56. The van der Waals surface area contributed by atoms with Crippen LogP contribution in [0.4, 0.5) is 0 Å². The third kappa shape index (κ3) is 7.46. The molecule has 0 aliphatic rings. The van der Waals surface area contributed by atoms with Gasteiger partial charge in [-0.1, -0.05) is 169 Å². The van der Waals surface area contributed by atoms with Crippen LogP contribution in [-0.2, 0) is 0 Å². The van der Waals surface area contributed by atoms with Crippen molar-refractivity contribution in [3.8, 4) is 73.2 Å². The van der Waals surface area contributed by atoms with Crippen LogP contribution in [-0.4, -0.2) is 23.7 Å². The average molecular weight is 998 g/mol. The molecule has 4 aromatic heterocycles. The molecule has 0 saturated carbocycles. The van der Waals surface area contributed by atoms with Crippen LogP contribution in [0.15, 0.2) is 255 Å². The van der Waals surface area contributed by atoms with Crippen LogP contribution in [0.2, 0.25) is 0 Å². The Hall–Kier alpha value is -10.1. The fraction of sp³-hybridized carbons (Fsp3) is 0.0411. The predicted molar refractivity (Wildman–Crippen MR) is 326 cm³/mol. The molecule has 0 unspecified atom stereocenters. The number of benzene rings is 11. The Morgan fingerprint density at radius 1 is 0.256 bits per heavy atom. The zero-order valence-electron chi connectivity index (χ0n) is 43.5. The van der Waals surface area contributed by atoms with Gasteiger partial charge in [-0.3, -0.25) is 0 Å². The van der Waals surface area contributed by atoms with Crippen molar-refractivity contribution in [2.75, 3.05) is 0 Å². The van der Waals surface area contributed by atoms with Crippen LogP contribution in [0.3, 0.4) is 0 Å². The van der Waals surface area contributed by atoms with Crippen molar-refractivity contribution in [3.05, 3.63) is 271 Å². The van der Waals surface area contributed by atoms with Gasteiger partial charge in [-0.2, -0.15) is 0 Å². The molecule has 5 heteroatoms. The fourth-order valence-electron chi connectivity index (χ4n) is 12.1. The van der Waals surface area contributed by atoms with E-state index in [9.17, 15) is 0 Å². The minimum Gasteiger partial charge on any atom is -0.309 e. The molecule has 0 saturated heterocycles. The van der Waals surface area contributed by atoms with Crippen molar-refractivity contribution >= 4 is 65.4 Å². The number of para-hydroxylation sites is 2. The van der Waals surface area contributed by atoms with Gasteiger partial charge in [0.1, 0.15) is 0 Å². The van der Waals surface area contributed by atoms with Gasteiger partial charge in [0, 0.05) is 66.1 Å². The largest absolute Gasteiger partial charge is 0.309 e. The molecule has 15 rings (SSSR count). The number of hydrogen-bond acceptors (Lipinski definition) is 2. The van der Waals surface area contributed by atoms with Crippen LogP contribution in [0, 0.1) is 20.8 Å². The first-order chi connectivity index (χ1) is 38.4. The zero-order chi connectivity index (χ0) is 52.0. The van der Waals surface area contributed by atoms with Gasteiger partial charge in [-0.25, -0.2) is 9.97 Å². The van der Waals surface area contributed by atoms with Gasteiger partial charge in [0.25, 0.3) is 0 Å². The predicted octanol–water partition coefficient (Wildman–Crippen LogP) is 19.0. The smallest absolute Gasteiger partial charge is 0.160 e. The first-order valence-corrected chi connectivity index (χ1v) is 26.8. The Bertz CT molecular complexity index is 4680. The molecule has 0 aliphatic carbocycles. The lowest BCUT2D eigenvalue weighted by molar-refractivity contribution is 1.16. The fourth-order valence-corrected chi connectivity index (χ4v) is 12.1. The lowest BCUT2D eigenvalue weighted by atomic mass is 9.95. The molecule has 0 atom stereocenters. The van der Waals surface area contributed by atoms with E-state index in [-0.39, 0.29) is 0 Å². The van der Waals surface area contributed by atoms with Crippen molar-refractivity contribution in [1.29, 1.82) is 0 Å². The second kappa shape index (κ2) is 18.0. The molecule has 0 fully saturated rings.